The molecule has 0 bridgehead atoms. The Morgan fingerprint density at radius 3 is 2.55 bits per heavy atom. The van der Waals surface area contributed by atoms with Crippen LogP contribution >= 0.6 is 24.0 Å². The van der Waals surface area contributed by atoms with Gasteiger partial charge in [0.1, 0.15) is 11.4 Å². The van der Waals surface area contributed by atoms with Crippen LogP contribution in [0.4, 0.5) is 0 Å². The molecule has 0 unspecified atom stereocenters. The maximum Gasteiger partial charge on any atom is 0.228 e. The maximum absolute atomic E-state index is 6.05. The molecule has 2 N–H and O–H groups in total. The van der Waals surface area contributed by atoms with Gasteiger partial charge in [-0.25, -0.2) is 4.99 Å². The number of hydrogen-bond acceptors (Lipinski definition) is 5. The number of para-hydroxylation sites is 1. The van der Waals surface area contributed by atoms with E-state index >= 15 is 0 Å². The average molecular weight is 515 g/mol. The second-order valence-corrected chi connectivity index (χ2v) is 7.90. The molecule has 29 heavy (non-hydrogen) atoms. The molecule has 1 aromatic heterocycles. The van der Waals surface area contributed by atoms with Crippen LogP contribution in [0.25, 0.3) is 0 Å². The van der Waals surface area contributed by atoms with Crippen molar-refractivity contribution in [3.63, 3.8) is 0 Å². The standard InChI is InChI=1S/C21H33N5O2.HI/c1-7-22-20(23-13-12-18-25-19(15(2)3)26-28-18)24-14-16-10-8-9-11-17(16)27-21(4,5)6;/h8-11,15H,7,12-14H2,1-6H3,(H2,22,23,24);1H. The van der Waals surface area contributed by atoms with Gasteiger partial charge in [-0.15, -0.1) is 24.0 Å². The average Bonchev–Trinajstić information content (AvgIpc) is 3.09. The van der Waals surface area contributed by atoms with Crippen molar-refractivity contribution in [1.29, 1.82) is 0 Å². The molecule has 1 heterocycles. The van der Waals surface area contributed by atoms with Crippen LogP contribution < -0.4 is 15.4 Å². The van der Waals surface area contributed by atoms with Gasteiger partial charge in [0.15, 0.2) is 11.8 Å². The summed E-state index contributed by atoms with van der Waals surface area (Å²) < 4.78 is 11.3. The molecular weight excluding hydrogens is 481 g/mol. The Morgan fingerprint density at radius 2 is 1.93 bits per heavy atom. The third-order valence-electron chi connectivity index (χ3n) is 3.77. The van der Waals surface area contributed by atoms with Crippen LogP contribution in [0.3, 0.4) is 0 Å². The summed E-state index contributed by atoms with van der Waals surface area (Å²) in [6.07, 6.45) is 0.647. The fraction of sp³-hybridized carbons (Fsp3) is 0.571. The molecule has 2 rings (SSSR count). The van der Waals surface area contributed by atoms with E-state index in [0.29, 0.717) is 25.4 Å². The number of halogens is 1. The zero-order valence-electron chi connectivity index (χ0n) is 18.3. The molecule has 2 aromatic rings. The van der Waals surface area contributed by atoms with Gasteiger partial charge in [0.05, 0.1) is 6.54 Å². The molecule has 1 aromatic carbocycles. The van der Waals surface area contributed by atoms with Crippen LogP contribution in [0.5, 0.6) is 5.75 Å². The number of nitrogens with zero attached hydrogens (tertiary/aromatic N) is 3. The lowest BCUT2D eigenvalue weighted by molar-refractivity contribution is 0.129. The highest BCUT2D eigenvalue weighted by atomic mass is 127. The van der Waals surface area contributed by atoms with E-state index in [0.717, 1.165) is 29.6 Å². The third-order valence-corrected chi connectivity index (χ3v) is 3.77. The highest BCUT2D eigenvalue weighted by Gasteiger charge is 2.14. The van der Waals surface area contributed by atoms with Gasteiger partial charge in [0.2, 0.25) is 5.89 Å². The Kier molecular flexibility index (Phi) is 10.4. The van der Waals surface area contributed by atoms with Crippen molar-refractivity contribution >= 4 is 29.9 Å². The Balaban J connectivity index is 0.00000420. The summed E-state index contributed by atoms with van der Waals surface area (Å²) in [5.74, 6) is 3.25. The normalized spacial score (nSPS) is 11.9. The summed E-state index contributed by atoms with van der Waals surface area (Å²) in [5.41, 5.74) is 0.801. The minimum atomic E-state index is -0.249. The Hall–Kier alpha value is -1.84. The molecule has 8 heteroatoms. The van der Waals surface area contributed by atoms with E-state index < -0.39 is 0 Å². The second kappa shape index (κ2) is 12.0. The van der Waals surface area contributed by atoms with Crippen molar-refractivity contribution in [2.75, 3.05) is 13.1 Å². The second-order valence-electron chi connectivity index (χ2n) is 7.90. The fourth-order valence-corrected chi connectivity index (χ4v) is 2.46. The molecular formula is C21H34IN5O2. The molecule has 7 nitrogen and oxygen atoms in total. The minimum absolute atomic E-state index is 0. The molecule has 0 atom stereocenters. The molecule has 0 aliphatic heterocycles. The summed E-state index contributed by atoms with van der Waals surface area (Å²) in [5, 5.41) is 10.6. The Bertz CT molecular complexity index is 768. The molecule has 162 valence electrons. The van der Waals surface area contributed by atoms with Gasteiger partial charge < -0.3 is 19.9 Å². The molecule has 0 radical (unpaired) electrons. The van der Waals surface area contributed by atoms with Crippen LogP contribution in [0.1, 0.15) is 64.7 Å². The number of benzene rings is 1. The van der Waals surface area contributed by atoms with Crippen LogP contribution in [-0.2, 0) is 13.0 Å². The monoisotopic (exact) mass is 515 g/mol. The van der Waals surface area contributed by atoms with Crippen LogP contribution in [0.15, 0.2) is 33.8 Å². The highest BCUT2D eigenvalue weighted by Crippen LogP contribution is 2.23. The number of hydrogen-bond donors (Lipinski definition) is 2. The predicted molar refractivity (Wildman–Crippen MR) is 127 cm³/mol. The van der Waals surface area contributed by atoms with Crippen LogP contribution in [0, 0.1) is 0 Å². The number of aromatic nitrogens is 2. The fourth-order valence-electron chi connectivity index (χ4n) is 2.46. The zero-order chi connectivity index (χ0) is 20.6. The van der Waals surface area contributed by atoms with E-state index in [-0.39, 0.29) is 35.5 Å². The largest absolute Gasteiger partial charge is 0.488 e. The van der Waals surface area contributed by atoms with E-state index in [1.165, 1.54) is 0 Å². The van der Waals surface area contributed by atoms with Crippen LogP contribution in [0.2, 0.25) is 0 Å². The van der Waals surface area contributed by atoms with E-state index in [1.54, 1.807) is 0 Å². The van der Waals surface area contributed by atoms with E-state index in [4.69, 9.17) is 9.26 Å². The lowest BCUT2D eigenvalue weighted by Gasteiger charge is -2.23. The van der Waals surface area contributed by atoms with Crippen molar-refractivity contribution in [3.05, 3.63) is 41.5 Å². The summed E-state index contributed by atoms with van der Waals surface area (Å²) in [4.78, 5) is 9.08. The number of aliphatic imine (C=N–C) groups is 1. The van der Waals surface area contributed by atoms with Crippen molar-refractivity contribution in [2.24, 2.45) is 4.99 Å². The van der Waals surface area contributed by atoms with Crippen LogP contribution in [-0.4, -0.2) is 34.8 Å². The van der Waals surface area contributed by atoms with Gasteiger partial charge in [-0.3, -0.25) is 0 Å². The van der Waals surface area contributed by atoms with Gasteiger partial charge in [-0.05, 0) is 33.8 Å². The van der Waals surface area contributed by atoms with E-state index in [9.17, 15) is 0 Å². The maximum atomic E-state index is 6.05. The van der Waals surface area contributed by atoms with Crippen molar-refractivity contribution in [3.8, 4) is 5.75 Å². The molecule has 0 fully saturated rings. The first kappa shape index (κ1) is 25.2. The van der Waals surface area contributed by atoms with E-state index in [1.807, 2.05) is 65.8 Å². The zero-order valence-corrected chi connectivity index (χ0v) is 20.6. The SMILES string of the molecule is CCNC(=NCc1ccccc1OC(C)(C)C)NCCc1nc(C(C)C)no1.I. The lowest BCUT2D eigenvalue weighted by Crippen LogP contribution is -2.38. The Labute approximate surface area is 191 Å². The first-order valence-corrected chi connectivity index (χ1v) is 9.90. The van der Waals surface area contributed by atoms with Crippen molar-refractivity contribution < 1.29 is 9.26 Å². The number of ether oxygens (including phenoxy) is 1. The van der Waals surface area contributed by atoms with Crippen molar-refractivity contribution in [2.45, 2.75) is 66.0 Å². The van der Waals surface area contributed by atoms with E-state index in [2.05, 4.69) is 25.8 Å². The van der Waals surface area contributed by atoms with Gasteiger partial charge in [-0.1, -0.05) is 37.2 Å². The molecule has 0 saturated heterocycles. The highest BCUT2D eigenvalue weighted by molar-refractivity contribution is 14.0. The first-order valence-electron chi connectivity index (χ1n) is 9.90. The predicted octanol–water partition coefficient (Wildman–Crippen LogP) is 4.29. The molecule has 0 amide bonds. The first-order chi connectivity index (χ1) is 13.3. The molecule has 0 spiro atoms. The topological polar surface area (TPSA) is 84.6 Å². The number of rotatable bonds is 8. The summed E-state index contributed by atoms with van der Waals surface area (Å²) >= 11 is 0. The number of nitrogens with one attached hydrogen (secondary N) is 2. The quantitative estimate of drug-likeness (QED) is 0.310. The number of guanidine groups is 1. The molecule has 0 aliphatic carbocycles. The van der Waals surface area contributed by atoms with Gasteiger partial charge >= 0.3 is 0 Å². The summed E-state index contributed by atoms with van der Waals surface area (Å²) in [6, 6.07) is 8.01. The van der Waals surface area contributed by atoms with Gasteiger partial charge in [-0.2, -0.15) is 4.98 Å². The van der Waals surface area contributed by atoms with Gasteiger partial charge in [0, 0.05) is 31.0 Å². The smallest absolute Gasteiger partial charge is 0.228 e. The Morgan fingerprint density at radius 1 is 1.21 bits per heavy atom. The van der Waals surface area contributed by atoms with Gasteiger partial charge in [0.25, 0.3) is 0 Å². The molecule has 0 aliphatic rings. The summed E-state index contributed by atoms with van der Waals surface area (Å²) in [6.45, 7) is 14.2. The van der Waals surface area contributed by atoms with Crippen molar-refractivity contribution in [1.82, 2.24) is 20.8 Å². The molecule has 0 saturated carbocycles. The minimum Gasteiger partial charge on any atom is -0.488 e. The lowest BCUT2D eigenvalue weighted by atomic mass is 10.1. The third kappa shape index (κ3) is 9.01. The summed E-state index contributed by atoms with van der Waals surface area (Å²) in [7, 11) is 0.